The van der Waals surface area contributed by atoms with E-state index in [0.29, 0.717) is 25.5 Å². The molecule has 1 atom stereocenters. The van der Waals surface area contributed by atoms with Gasteiger partial charge in [0.15, 0.2) is 0 Å². The first-order chi connectivity index (χ1) is 10.1. The van der Waals surface area contributed by atoms with Crippen LogP contribution < -0.4 is 4.90 Å². The van der Waals surface area contributed by atoms with Crippen molar-refractivity contribution in [1.29, 1.82) is 0 Å². The molecule has 21 heavy (non-hydrogen) atoms. The number of ether oxygens (including phenoxy) is 1. The lowest BCUT2D eigenvalue weighted by Crippen LogP contribution is -2.38. The van der Waals surface area contributed by atoms with Crippen molar-refractivity contribution in [2.24, 2.45) is 0 Å². The van der Waals surface area contributed by atoms with Crippen molar-refractivity contribution in [3.05, 3.63) is 23.9 Å². The van der Waals surface area contributed by atoms with Crippen LogP contribution in [0.25, 0.3) is 0 Å². The van der Waals surface area contributed by atoms with E-state index in [-0.39, 0.29) is 17.9 Å². The van der Waals surface area contributed by atoms with E-state index < -0.39 is 0 Å². The van der Waals surface area contributed by atoms with Gasteiger partial charge in [-0.3, -0.25) is 9.69 Å². The topological polar surface area (TPSA) is 62.7 Å². The zero-order chi connectivity index (χ0) is 14.8. The molecule has 2 fully saturated rings. The third-order valence-electron chi connectivity index (χ3n) is 4.08. The molecule has 0 N–H and O–H groups in total. The van der Waals surface area contributed by atoms with Crippen LogP contribution in [0.2, 0.25) is 0 Å². The zero-order valence-corrected chi connectivity index (χ0v) is 12.1. The fraction of sp³-hybridized carbons (Fsp3) is 0.533. The highest BCUT2D eigenvalue weighted by molar-refractivity contribution is 5.88. The molecule has 0 unspecified atom stereocenters. The van der Waals surface area contributed by atoms with E-state index >= 15 is 0 Å². The number of hydrogen-bond donors (Lipinski definition) is 0. The summed E-state index contributed by atoms with van der Waals surface area (Å²) in [5.74, 6) is 0.982. The lowest BCUT2D eigenvalue weighted by atomic mass is 9.94. The first-order valence-corrected chi connectivity index (χ1v) is 7.32. The Morgan fingerprint density at radius 1 is 1.38 bits per heavy atom. The smallest absolute Gasteiger partial charge is 0.415 e. The molecule has 0 aliphatic carbocycles. The van der Waals surface area contributed by atoms with Gasteiger partial charge in [0.1, 0.15) is 12.4 Å². The summed E-state index contributed by atoms with van der Waals surface area (Å²) in [6.07, 6.45) is 1.67. The second-order valence-electron chi connectivity index (χ2n) is 5.49. The minimum absolute atomic E-state index is 0.110. The first kappa shape index (κ1) is 13.9. The number of carbonyl (C=O) groups is 2. The molecule has 0 radical (unpaired) electrons. The van der Waals surface area contributed by atoms with Crippen molar-refractivity contribution >= 4 is 17.8 Å². The number of cyclic esters (lactones) is 1. The number of carbonyl (C=O) groups excluding carboxylic acids is 2. The maximum Gasteiger partial charge on any atom is 0.415 e. The summed E-state index contributed by atoms with van der Waals surface area (Å²) in [6, 6.07) is 5.71. The van der Waals surface area contributed by atoms with Gasteiger partial charge in [-0.15, -0.1) is 0 Å². The van der Waals surface area contributed by atoms with E-state index in [0.717, 1.165) is 25.1 Å². The molecule has 2 amide bonds. The van der Waals surface area contributed by atoms with Gasteiger partial charge < -0.3 is 9.64 Å². The second kappa shape index (κ2) is 5.71. The Kier molecular flexibility index (Phi) is 3.77. The third-order valence-corrected chi connectivity index (χ3v) is 4.08. The van der Waals surface area contributed by atoms with Crippen LogP contribution in [0.3, 0.4) is 0 Å². The van der Waals surface area contributed by atoms with E-state index in [1.54, 1.807) is 11.8 Å². The minimum atomic E-state index is -0.339. The van der Waals surface area contributed by atoms with E-state index in [1.807, 2.05) is 23.1 Å². The molecular weight excluding hydrogens is 270 g/mol. The molecule has 6 heteroatoms. The minimum Gasteiger partial charge on any atom is -0.447 e. The molecule has 2 aliphatic heterocycles. The number of aromatic nitrogens is 1. The fourth-order valence-corrected chi connectivity index (χ4v) is 2.92. The normalized spacial score (nSPS) is 22.3. The van der Waals surface area contributed by atoms with Crippen molar-refractivity contribution in [2.45, 2.75) is 25.7 Å². The Morgan fingerprint density at radius 3 is 2.95 bits per heavy atom. The molecule has 0 aromatic carbocycles. The molecule has 0 bridgehead atoms. The third kappa shape index (κ3) is 2.84. The van der Waals surface area contributed by atoms with Crippen LogP contribution in [0.15, 0.2) is 18.2 Å². The Labute approximate surface area is 123 Å². The lowest BCUT2D eigenvalue weighted by Gasteiger charge is -2.32. The Morgan fingerprint density at radius 2 is 2.24 bits per heavy atom. The van der Waals surface area contributed by atoms with Crippen LogP contribution in [-0.4, -0.2) is 48.1 Å². The van der Waals surface area contributed by atoms with Gasteiger partial charge in [0.05, 0.1) is 6.54 Å². The summed E-state index contributed by atoms with van der Waals surface area (Å²) < 4.78 is 4.95. The number of nitrogens with zero attached hydrogens (tertiary/aromatic N) is 3. The summed E-state index contributed by atoms with van der Waals surface area (Å²) in [7, 11) is 0. The highest BCUT2D eigenvalue weighted by atomic mass is 16.6. The van der Waals surface area contributed by atoms with Gasteiger partial charge >= 0.3 is 6.09 Å². The number of hydrogen-bond acceptors (Lipinski definition) is 4. The summed E-state index contributed by atoms with van der Waals surface area (Å²) >= 11 is 0. The van der Waals surface area contributed by atoms with Gasteiger partial charge in [0.2, 0.25) is 5.91 Å². The average Bonchev–Trinajstić information content (AvgIpc) is 2.94. The molecule has 3 rings (SSSR count). The summed E-state index contributed by atoms with van der Waals surface area (Å²) in [5, 5.41) is 0. The highest BCUT2D eigenvalue weighted by Gasteiger charge is 2.27. The van der Waals surface area contributed by atoms with Gasteiger partial charge in [-0.1, -0.05) is 6.07 Å². The molecule has 1 aromatic rings. The Balaban J connectivity index is 1.79. The van der Waals surface area contributed by atoms with Crippen LogP contribution >= 0.6 is 0 Å². The van der Waals surface area contributed by atoms with Gasteiger partial charge in [0, 0.05) is 31.6 Å². The van der Waals surface area contributed by atoms with Crippen LogP contribution in [0.5, 0.6) is 0 Å². The number of anilines is 1. The van der Waals surface area contributed by atoms with E-state index in [1.165, 1.54) is 0 Å². The Hall–Kier alpha value is -2.11. The number of piperidine rings is 1. The van der Waals surface area contributed by atoms with Crippen LogP contribution in [0, 0.1) is 0 Å². The highest BCUT2D eigenvalue weighted by Crippen LogP contribution is 2.27. The second-order valence-corrected chi connectivity index (χ2v) is 5.49. The maximum absolute atomic E-state index is 11.6. The van der Waals surface area contributed by atoms with Gasteiger partial charge in [-0.05, 0) is 25.0 Å². The number of pyridine rings is 1. The number of rotatable bonds is 2. The van der Waals surface area contributed by atoms with Crippen molar-refractivity contribution in [1.82, 2.24) is 9.88 Å². The summed E-state index contributed by atoms with van der Waals surface area (Å²) in [4.78, 5) is 31.2. The fourth-order valence-electron chi connectivity index (χ4n) is 2.92. The first-order valence-electron chi connectivity index (χ1n) is 7.32. The van der Waals surface area contributed by atoms with E-state index in [2.05, 4.69) is 4.98 Å². The lowest BCUT2D eigenvalue weighted by molar-refractivity contribution is -0.130. The predicted octanol–water partition coefficient (Wildman–Crippen LogP) is 1.76. The molecule has 0 saturated carbocycles. The average molecular weight is 289 g/mol. The summed E-state index contributed by atoms with van der Waals surface area (Å²) in [5.41, 5.74) is 0.943. The van der Waals surface area contributed by atoms with Crippen LogP contribution in [0.1, 0.15) is 31.4 Å². The Bertz CT molecular complexity index is 561. The molecular formula is C15H19N3O3. The van der Waals surface area contributed by atoms with Gasteiger partial charge in [-0.2, -0.15) is 0 Å². The van der Waals surface area contributed by atoms with Crippen molar-refractivity contribution in [3.8, 4) is 0 Å². The van der Waals surface area contributed by atoms with Gasteiger partial charge in [0.25, 0.3) is 0 Å². The molecule has 1 aromatic heterocycles. The van der Waals surface area contributed by atoms with E-state index in [4.69, 9.17) is 4.74 Å². The van der Waals surface area contributed by atoms with Gasteiger partial charge in [-0.25, -0.2) is 9.78 Å². The standard InChI is InChI=1S/C15H19N3O3/c1-11(19)17-7-3-4-12(10-17)13-5-2-6-14(16-13)18-8-9-21-15(18)20/h2,5-6,12H,3-4,7-10H2,1H3/t12-/m0/s1. The largest absolute Gasteiger partial charge is 0.447 e. The van der Waals surface area contributed by atoms with E-state index in [9.17, 15) is 9.59 Å². The number of likely N-dealkylation sites (tertiary alicyclic amines) is 1. The molecule has 0 spiro atoms. The molecule has 112 valence electrons. The molecule has 6 nitrogen and oxygen atoms in total. The molecule has 2 saturated heterocycles. The van der Waals surface area contributed by atoms with Crippen molar-refractivity contribution in [3.63, 3.8) is 0 Å². The predicted molar refractivity (Wildman–Crippen MR) is 77.2 cm³/mol. The van der Waals surface area contributed by atoms with Crippen LogP contribution in [0.4, 0.5) is 10.6 Å². The quantitative estimate of drug-likeness (QED) is 0.832. The molecule has 3 heterocycles. The van der Waals surface area contributed by atoms with Crippen molar-refractivity contribution in [2.75, 3.05) is 31.1 Å². The number of amides is 2. The SMILES string of the molecule is CC(=O)N1CCC[C@H](c2cccc(N3CCOC3=O)n2)C1. The maximum atomic E-state index is 11.6. The monoisotopic (exact) mass is 289 g/mol. The molecule has 2 aliphatic rings. The zero-order valence-electron chi connectivity index (χ0n) is 12.1. The van der Waals surface area contributed by atoms with Crippen LogP contribution in [-0.2, 0) is 9.53 Å². The summed E-state index contributed by atoms with van der Waals surface area (Å²) in [6.45, 7) is 4.08. The van der Waals surface area contributed by atoms with Crippen molar-refractivity contribution < 1.29 is 14.3 Å².